The van der Waals surface area contributed by atoms with Crippen molar-refractivity contribution in [3.05, 3.63) is 35.6 Å². The van der Waals surface area contributed by atoms with Crippen molar-refractivity contribution in [3.8, 4) is 0 Å². The van der Waals surface area contributed by atoms with Crippen LogP contribution in [-0.2, 0) is 0 Å². The molecule has 3 aliphatic rings. The number of fused-ring (bicyclic) bond motifs is 3. The summed E-state index contributed by atoms with van der Waals surface area (Å²) in [4.78, 5) is 2.47. The van der Waals surface area contributed by atoms with Gasteiger partial charge in [-0.2, -0.15) is 0 Å². The van der Waals surface area contributed by atoms with Gasteiger partial charge >= 0.3 is 0 Å². The van der Waals surface area contributed by atoms with Gasteiger partial charge in [0.2, 0.25) is 0 Å². The van der Waals surface area contributed by atoms with Crippen LogP contribution in [0.5, 0.6) is 0 Å². The van der Waals surface area contributed by atoms with Crippen LogP contribution in [-0.4, -0.2) is 42.2 Å². The molecule has 0 radical (unpaired) electrons. The summed E-state index contributed by atoms with van der Waals surface area (Å²) in [6.07, 6.45) is 1.72. The van der Waals surface area contributed by atoms with Crippen molar-refractivity contribution in [3.63, 3.8) is 0 Å². The van der Waals surface area contributed by atoms with Gasteiger partial charge in [0.05, 0.1) is 6.10 Å². The number of nitrogens with one attached hydrogen (secondary N) is 1. The van der Waals surface area contributed by atoms with E-state index >= 15 is 0 Å². The Bertz CT molecular complexity index is 432. The molecule has 3 heterocycles. The van der Waals surface area contributed by atoms with Crippen molar-refractivity contribution in [2.75, 3.05) is 26.2 Å². The molecule has 4 heteroatoms. The Balaban J connectivity index is 1.56. The lowest BCUT2D eigenvalue weighted by atomic mass is 9.84. The summed E-state index contributed by atoms with van der Waals surface area (Å²) < 4.78 is 13.6. The molecule has 1 aromatic rings. The van der Waals surface area contributed by atoms with Crippen LogP contribution in [0.4, 0.5) is 4.39 Å². The van der Waals surface area contributed by atoms with Crippen molar-refractivity contribution >= 4 is 0 Å². The minimum Gasteiger partial charge on any atom is -0.387 e. The van der Waals surface area contributed by atoms with E-state index in [9.17, 15) is 9.50 Å². The summed E-state index contributed by atoms with van der Waals surface area (Å²) in [6.45, 7) is 3.90. The van der Waals surface area contributed by atoms with Gasteiger partial charge in [0.15, 0.2) is 0 Å². The second-order valence-electron chi connectivity index (χ2n) is 5.69. The van der Waals surface area contributed by atoms with Gasteiger partial charge < -0.3 is 15.3 Å². The van der Waals surface area contributed by atoms with Gasteiger partial charge in [-0.25, -0.2) is 4.39 Å². The topological polar surface area (TPSA) is 35.5 Å². The third kappa shape index (κ3) is 2.81. The SMILES string of the molecule is OC(CNC1CN2CCC1CC2)c1ccccc1F. The van der Waals surface area contributed by atoms with Crippen LogP contribution < -0.4 is 5.32 Å². The lowest BCUT2D eigenvalue weighted by Gasteiger charge is -2.45. The van der Waals surface area contributed by atoms with Crippen molar-refractivity contribution in [2.24, 2.45) is 5.92 Å². The Kier molecular flexibility index (Phi) is 3.82. The summed E-state index contributed by atoms with van der Waals surface area (Å²) in [6, 6.07) is 6.90. The summed E-state index contributed by atoms with van der Waals surface area (Å²) in [5, 5.41) is 13.5. The summed E-state index contributed by atoms with van der Waals surface area (Å²) >= 11 is 0. The van der Waals surface area contributed by atoms with E-state index in [-0.39, 0.29) is 5.82 Å². The van der Waals surface area contributed by atoms with Crippen LogP contribution in [0, 0.1) is 11.7 Å². The number of halogens is 1. The molecule has 2 atom stereocenters. The number of nitrogens with zero attached hydrogens (tertiary/aromatic N) is 1. The molecular formula is C15H21FN2O. The predicted octanol–water partition coefficient (Wildman–Crippen LogP) is 1.54. The van der Waals surface area contributed by atoms with Gasteiger partial charge in [-0.3, -0.25) is 0 Å². The maximum Gasteiger partial charge on any atom is 0.129 e. The molecule has 2 unspecified atom stereocenters. The summed E-state index contributed by atoms with van der Waals surface area (Å²) in [7, 11) is 0. The highest BCUT2D eigenvalue weighted by Gasteiger charge is 2.33. The van der Waals surface area contributed by atoms with E-state index in [0.717, 1.165) is 12.5 Å². The quantitative estimate of drug-likeness (QED) is 0.866. The molecule has 0 saturated carbocycles. The minimum absolute atomic E-state index is 0.328. The van der Waals surface area contributed by atoms with Crippen LogP contribution in [0.15, 0.2) is 24.3 Å². The largest absolute Gasteiger partial charge is 0.387 e. The summed E-state index contributed by atoms with van der Waals surface area (Å²) in [5.41, 5.74) is 0.385. The number of benzene rings is 1. The molecule has 0 amide bonds. The van der Waals surface area contributed by atoms with Gasteiger partial charge in [0.25, 0.3) is 0 Å². The van der Waals surface area contributed by atoms with Gasteiger partial charge in [-0.15, -0.1) is 0 Å². The zero-order valence-corrected chi connectivity index (χ0v) is 11.1. The number of aliphatic hydroxyl groups is 1. The van der Waals surface area contributed by atoms with Gasteiger partial charge in [0, 0.05) is 24.7 Å². The molecule has 19 heavy (non-hydrogen) atoms. The molecular weight excluding hydrogens is 243 g/mol. The zero-order chi connectivity index (χ0) is 13.2. The molecule has 3 fully saturated rings. The first-order valence-electron chi connectivity index (χ1n) is 7.12. The normalized spacial score (nSPS) is 31.4. The van der Waals surface area contributed by atoms with E-state index < -0.39 is 6.10 Å². The van der Waals surface area contributed by atoms with Crippen molar-refractivity contribution in [1.82, 2.24) is 10.2 Å². The maximum atomic E-state index is 13.6. The number of hydrogen-bond donors (Lipinski definition) is 2. The van der Waals surface area contributed by atoms with Crippen LogP contribution in [0.1, 0.15) is 24.5 Å². The average Bonchev–Trinajstić information content (AvgIpc) is 2.46. The first kappa shape index (κ1) is 13.0. The molecule has 2 N–H and O–H groups in total. The average molecular weight is 264 g/mol. The molecule has 0 aromatic heterocycles. The fourth-order valence-corrected chi connectivity index (χ4v) is 3.31. The first-order valence-corrected chi connectivity index (χ1v) is 7.12. The first-order chi connectivity index (χ1) is 9.24. The minimum atomic E-state index is -0.767. The van der Waals surface area contributed by atoms with Crippen LogP contribution in [0.2, 0.25) is 0 Å². The molecule has 0 aliphatic carbocycles. The number of piperidine rings is 3. The molecule has 3 aliphatic heterocycles. The molecule has 3 saturated heterocycles. The fraction of sp³-hybridized carbons (Fsp3) is 0.600. The lowest BCUT2D eigenvalue weighted by Crippen LogP contribution is -2.56. The van der Waals surface area contributed by atoms with Crippen molar-refractivity contribution < 1.29 is 9.50 Å². The Labute approximate surface area is 113 Å². The highest BCUT2D eigenvalue weighted by Crippen LogP contribution is 2.27. The van der Waals surface area contributed by atoms with E-state index in [0.29, 0.717) is 18.2 Å². The Morgan fingerprint density at radius 1 is 1.32 bits per heavy atom. The maximum absolute atomic E-state index is 13.6. The molecule has 2 bridgehead atoms. The Morgan fingerprint density at radius 2 is 2.05 bits per heavy atom. The van der Waals surface area contributed by atoms with Crippen molar-refractivity contribution in [2.45, 2.75) is 25.0 Å². The smallest absolute Gasteiger partial charge is 0.129 e. The van der Waals surface area contributed by atoms with Gasteiger partial charge in [-0.05, 0) is 37.9 Å². The molecule has 104 valence electrons. The van der Waals surface area contributed by atoms with E-state index in [1.54, 1.807) is 18.2 Å². The second kappa shape index (κ2) is 5.57. The number of aliphatic hydroxyl groups excluding tert-OH is 1. The van der Waals surface area contributed by atoms with Crippen LogP contribution in [0.25, 0.3) is 0 Å². The third-order valence-corrected chi connectivity index (χ3v) is 4.49. The van der Waals surface area contributed by atoms with E-state index in [1.165, 1.54) is 32.0 Å². The highest BCUT2D eigenvalue weighted by molar-refractivity contribution is 5.20. The standard InChI is InChI=1S/C15H21FN2O/c16-13-4-2-1-3-12(13)15(19)9-17-14-10-18-7-5-11(14)6-8-18/h1-4,11,14-15,17,19H,5-10H2. The molecule has 0 spiro atoms. The number of rotatable bonds is 4. The summed E-state index contributed by atoms with van der Waals surface area (Å²) in [5.74, 6) is 0.392. The fourth-order valence-electron chi connectivity index (χ4n) is 3.31. The Morgan fingerprint density at radius 3 is 2.68 bits per heavy atom. The highest BCUT2D eigenvalue weighted by atomic mass is 19.1. The molecule has 4 rings (SSSR count). The Hall–Kier alpha value is -0.970. The van der Waals surface area contributed by atoms with E-state index in [2.05, 4.69) is 10.2 Å². The van der Waals surface area contributed by atoms with Crippen LogP contribution >= 0.6 is 0 Å². The van der Waals surface area contributed by atoms with Gasteiger partial charge in [0.1, 0.15) is 5.82 Å². The number of hydrogen-bond acceptors (Lipinski definition) is 3. The van der Waals surface area contributed by atoms with E-state index in [4.69, 9.17) is 0 Å². The molecule has 3 nitrogen and oxygen atoms in total. The van der Waals surface area contributed by atoms with E-state index in [1.807, 2.05) is 0 Å². The van der Waals surface area contributed by atoms with Crippen LogP contribution in [0.3, 0.4) is 0 Å². The van der Waals surface area contributed by atoms with Crippen molar-refractivity contribution in [1.29, 1.82) is 0 Å². The monoisotopic (exact) mass is 264 g/mol. The third-order valence-electron chi connectivity index (χ3n) is 4.49. The predicted molar refractivity (Wildman–Crippen MR) is 72.3 cm³/mol. The lowest BCUT2D eigenvalue weighted by molar-refractivity contribution is 0.0632. The van der Waals surface area contributed by atoms with Gasteiger partial charge in [-0.1, -0.05) is 18.2 Å². The second-order valence-corrected chi connectivity index (χ2v) is 5.69. The zero-order valence-electron chi connectivity index (χ0n) is 11.1. The molecule has 1 aromatic carbocycles.